The lowest BCUT2D eigenvalue weighted by Gasteiger charge is -2.14. The monoisotopic (exact) mass is 266 g/mol. The molecule has 2 nitrogen and oxygen atoms in total. The average molecular weight is 267 g/mol. The fraction of sp³-hybridized carbons (Fsp3) is 0.357. The lowest BCUT2D eigenvalue weighted by atomic mass is 10.1. The number of halogens is 2. The van der Waals surface area contributed by atoms with Crippen LogP contribution in [0.1, 0.15) is 24.6 Å². The molecule has 0 unspecified atom stereocenters. The number of rotatable bonds is 3. The van der Waals surface area contributed by atoms with Crippen LogP contribution in [0.5, 0.6) is 0 Å². The van der Waals surface area contributed by atoms with Crippen LogP contribution in [0.25, 0.3) is 10.9 Å². The molecule has 96 valence electrons. The number of hydrogen-bond acceptors (Lipinski definition) is 2. The van der Waals surface area contributed by atoms with Gasteiger partial charge >= 0.3 is 0 Å². The minimum absolute atomic E-state index is 0.132. The Labute approximate surface area is 111 Å². The van der Waals surface area contributed by atoms with Crippen molar-refractivity contribution in [3.05, 3.63) is 34.2 Å². The van der Waals surface area contributed by atoms with E-state index in [1.54, 1.807) is 6.07 Å². The van der Waals surface area contributed by atoms with Crippen molar-refractivity contribution < 1.29 is 4.39 Å². The Morgan fingerprint density at radius 3 is 2.72 bits per heavy atom. The van der Waals surface area contributed by atoms with Crippen LogP contribution in [0.15, 0.2) is 12.1 Å². The Hall–Kier alpha value is -1.35. The molecule has 0 spiro atoms. The van der Waals surface area contributed by atoms with Gasteiger partial charge in [-0.25, -0.2) is 4.39 Å². The summed E-state index contributed by atoms with van der Waals surface area (Å²) in [5, 5.41) is 4.38. The first-order valence-corrected chi connectivity index (χ1v) is 6.42. The molecule has 0 atom stereocenters. The molecule has 2 aromatic rings. The van der Waals surface area contributed by atoms with Crippen LogP contribution < -0.4 is 5.32 Å². The van der Waals surface area contributed by atoms with Gasteiger partial charge in [0.05, 0.1) is 10.5 Å². The van der Waals surface area contributed by atoms with Crippen molar-refractivity contribution in [3.63, 3.8) is 0 Å². The van der Waals surface area contributed by atoms with Gasteiger partial charge in [-0.05, 0) is 31.9 Å². The standard InChI is InChI=1S/C14H16ClFN2/c1-4-5-17-14-8(2)9(3)18-13-7-12(16)11(15)6-10(13)14/h6-7H,4-5H2,1-3H3,(H,17,18). The van der Waals surface area contributed by atoms with E-state index in [0.717, 1.165) is 35.3 Å². The summed E-state index contributed by atoms with van der Waals surface area (Å²) in [5.74, 6) is -0.429. The van der Waals surface area contributed by atoms with Gasteiger partial charge in [0, 0.05) is 29.4 Å². The summed E-state index contributed by atoms with van der Waals surface area (Å²) in [5.41, 5.74) is 3.63. The molecule has 0 bridgehead atoms. The van der Waals surface area contributed by atoms with E-state index in [1.807, 2.05) is 13.8 Å². The molecule has 0 saturated heterocycles. The number of pyridine rings is 1. The van der Waals surface area contributed by atoms with Crippen molar-refractivity contribution in [1.82, 2.24) is 4.98 Å². The molecular weight excluding hydrogens is 251 g/mol. The van der Waals surface area contributed by atoms with Crippen LogP contribution in [-0.2, 0) is 0 Å². The van der Waals surface area contributed by atoms with Gasteiger partial charge in [-0.3, -0.25) is 4.98 Å². The molecule has 0 aliphatic rings. The maximum Gasteiger partial charge on any atom is 0.143 e. The second-order valence-corrected chi connectivity index (χ2v) is 4.81. The van der Waals surface area contributed by atoms with Crippen LogP contribution in [0.3, 0.4) is 0 Å². The van der Waals surface area contributed by atoms with Crippen LogP contribution in [0, 0.1) is 19.7 Å². The second kappa shape index (κ2) is 5.11. The zero-order chi connectivity index (χ0) is 13.3. The van der Waals surface area contributed by atoms with Crippen molar-refractivity contribution in [2.24, 2.45) is 0 Å². The van der Waals surface area contributed by atoms with E-state index in [1.165, 1.54) is 6.07 Å². The number of fused-ring (bicyclic) bond motifs is 1. The van der Waals surface area contributed by atoms with Crippen LogP contribution in [0.2, 0.25) is 5.02 Å². The lowest BCUT2D eigenvalue weighted by molar-refractivity contribution is 0.630. The number of nitrogens with one attached hydrogen (secondary N) is 1. The van der Waals surface area contributed by atoms with Crippen molar-refractivity contribution in [2.75, 3.05) is 11.9 Å². The van der Waals surface area contributed by atoms with E-state index in [-0.39, 0.29) is 5.02 Å². The summed E-state index contributed by atoms with van der Waals surface area (Å²) in [6.45, 7) is 6.91. The van der Waals surface area contributed by atoms with E-state index in [2.05, 4.69) is 17.2 Å². The Morgan fingerprint density at radius 2 is 2.06 bits per heavy atom. The van der Waals surface area contributed by atoms with Gasteiger partial charge in [0.15, 0.2) is 0 Å². The molecule has 0 fully saturated rings. The molecule has 0 saturated carbocycles. The van der Waals surface area contributed by atoms with E-state index in [4.69, 9.17) is 11.6 Å². The second-order valence-electron chi connectivity index (χ2n) is 4.41. The maximum atomic E-state index is 13.5. The molecule has 18 heavy (non-hydrogen) atoms. The van der Waals surface area contributed by atoms with E-state index in [0.29, 0.717) is 5.52 Å². The van der Waals surface area contributed by atoms with E-state index >= 15 is 0 Å². The summed E-state index contributed by atoms with van der Waals surface area (Å²) in [7, 11) is 0. The summed E-state index contributed by atoms with van der Waals surface area (Å²) in [6, 6.07) is 3.03. The van der Waals surface area contributed by atoms with Gasteiger partial charge < -0.3 is 5.32 Å². The first kappa shape index (κ1) is 13.1. The molecule has 1 aromatic heterocycles. The number of hydrogen-bond donors (Lipinski definition) is 1. The predicted molar refractivity (Wildman–Crippen MR) is 75.0 cm³/mol. The van der Waals surface area contributed by atoms with Gasteiger partial charge in [-0.15, -0.1) is 0 Å². The highest BCUT2D eigenvalue weighted by molar-refractivity contribution is 6.31. The zero-order valence-electron chi connectivity index (χ0n) is 10.8. The quantitative estimate of drug-likeness (QED) is 0.887. The average Bonchev–Trinajstić information content (AvgIpc) is 2.33. The van der Waals surface area contributed by atoms with Crippen molar-refractivity contribution in [1.29, 1.82) is 0 Å². The van der Waals surface area contributed by atoms with Crippen LogP contribution >= 0.6 is 11.6 Å². The van der Waals surface area contributed by atoms with Crippen molar-refractivity contribution in [2.45, 2.75) is 27.2 Å². The third-order valence-corrected chi connectivity index (χ3v) is 3.36. The smallest absolute Gasteiger partial charge is 0.143 e. The fourth-order valence-corrected chi connectivity index (χ4v) is 2.12. The number of aryl methyl sites for hydroxylation is 1. The van der Waals surface area contributed by atoms with Crippen LogP contribution in [0.4, 0.5) is 10.1 Å². The highest BCUT2D eigenvalue weighted by Crippen LogP contribution is 2.31. The topological polar surface area (TPSA) is 24.9 Å². The van der Waals surface area contributed by atoms with E-state index in [9.17, 15) is 4.39 Å². The first-order chi connectivity index (χ1) is 8.54. The minimum Gasteiger partial charge on any atom is -0.384 e. The Kier molecular flexibility index (Phi) is 3.71. The molecule has 0 aliphatic carbocycles. The van der Waals surface area contributed by atoms with Crippen molar-refractivity contribution in [3.8, 4) is 0 Å². The molecule has 4 heteroatoms. The predicted octanol–water partition coefficient (Wildman–Crippen LogP) is 4.47. The Bertz CT molecular complexity index is 591. The van der Waals surface area contributed by atoms with Crippen LogP contribution in [-0.4, -0.2) is 11.5 Å². The largest absolute Gasteiger partial charge is 0.384 e. The molecule has 1 aromatic carbocycles. The number of aromatic nitrogens is 1. The third-order valence-electron chi connectivity index (χ3n) is 3.07. The molecular formula is C14H16ClFN2. The summed E-state index contributed by atoms with van der Waals surface area (Å²) < 4.78 is 13.5. The SMILES string of the molecule is CCCNc1c(C)c(C)nc2cc(F)c(Cl)cc12. The fourth-order valence-electron chi connectivity index (χ4n) is 1.95. The molecule has 0 radical (unpaired) electrons. The van der Waals surface area contributed by atoms with E-state index < -0.39 is 5.82 Å². The van der Waals surface area contributed by atoms with Gasteiger partial charge in [-0.1, -0.05) is 18.5 Å². The van der Waals surface area contributed by atoms with Gasteiger partial charge in [0.25, 0.3) is 0 Å². The number of anilines is 1. The summed E-state index contributed by atoms with van der Waals surface area (Å²) in [6.07, 6.45) is 1.03. The summed E-state index contributed by atoms with van der Waals surface area (Å²) >= 11 is 5.86. The molecule has 0 amide bonds. The van der Waals surface area contributed by atoms with Gasteiger partial charge in [-0.2, -0.15) is 0 Å². The number of nitrogens with zero attached hydrogens (tertiary/aromatic N) is 1. The Balaban J connectivity index is 2.71. The molecule has 2 rings (SSSR count). The first-order valence-electron chi connectivity index (χ1n) is 6.04. The minimum atomic E-state index is -0.429. The highest BCUT2D eigenvalue weighted by atomic mass is 35.5. The Morgan fingerprint density at radius 1 is 1.33 bits per heavy atom. The number of benzene rings is 1. The molecule has 1 heterocycles. The van der Waals surface area contributed by atoms with Gasteiger partial charge in [0.2, 0.25) is 0 Å². The summed E-state index contributed by atoms with van der Waals surface area (Å²) in [4.78, 5) is 4.41. The maximum absolute atomic E-state index is 13.5. The van der Waals surface area contributed by atoms with Crippen molar-refractivity contribution >= 4 is 28.2 Å². The van der Waals surface area contributed by atoms with Gasteiger partial charge in [0.1, 0.15) is 5.82 Å². The lowest BCUT2D eigenvalue weighted by Crippen LogP contribution is -2.05. The molecule has 1 N–H and O–H groups in total. The third kappa shape index (κ3) is 2.27. The molecule has 0 aliphatic heterocycles. The normalized spacial score (nSPS) is 10.9. The zero-order valence-corrected chi connectivity index (χ0v) is 11.5. The highest BCUT2D eigenvalue weighted by Gasteiger charge is 2.11.